The molecule has 5 heteroatoms. The van der Waals surface area contributed by atoms with Gasteiger partial charge in [-0.2, -0.15) is 0 Å². The first kappa shape index (κ1) is 16.4. The second kappa shape index (κ2) is 7.04. The van der Waals surface area contributed by atoms with Crippen LogP contribution in [0.2, 0.25) is 0 Å². The molecule has 26 heavy (non-hydrogen) atoms. The van der Waals surface area contributed by atoms with E-state index in [2.05, 4.69) is 28.1 Å². The molecule has 2 aromatic carbocycles. The predicted octanol–water partition coefficient (Wildman–Crippen LogP) is 2.95. The maximum Gasteiger partial charge on any atom is 0.229 e. The van der Waals surface area contributed by atoms with Gasteiger partial charge < -0.3 is 14.8 Å². The van der Waals surface area contributed by atoms with Gasteiger partial charge in [-0.15, -0.1) is 0 Å². The van der Waals surface area contributed by atoms with Gasteiger partial charge in [-0.05, 0) is 29.7 Å². The highest BCUT2D eigenvalue weighted by atomic mass is 16.2. The monoisotopic (exact) mass is 347 g/mol. The molecule has 0 saturated carbocycles. The fourth-order valence-corrected chi connectivity index (χ4v) is 3.52. The lowest BCUT2D eigenvalue weighted by Crippen LogP contribution is -2.37. The van der Waals surface area contributed by atoms with Crippen molar-refractivity contribution in [3.05, 3.63) is 66.9 Å². The summed E-state index contributed by atoms with van der Waals surface area (Å²) in [6, 6.07) is 19.6. The number of nitrogens with zero attached hydrogens (tertiary/aromatic N) is 2. The average Bonchev–Trinajstić information content (AvgIpc) is 3.24. The number of hydrogen-bond donors (Lipinski definition) is 1. The summed E-state index contributed by atoms with van der Waals surface area (Å²) in [5.41, 5.74) is 2.01. The summed E-state index contributed by atoms with van der Waals surface area (Å²) >= 11 is 0. The molecule has 1 atom stereocenters. The Morgan fingerprint density at radius 3 is 2.65 bits per heavy atom. The number of anilines is 1. The first-order valence-electron chi connectivity index (χ1n) is 8.89. The molecule has 4 rings (SSSR count). The molecule has 1 aliphatic rings. The summed E-state index contributed by atoms with van der Waals surface area (Å²) in [6.07, 6.45) is 2.76. The van der Waals surface area contributed by atoms with Crippen LogP contribution in [0.3, 0.4) is 0 Å². The van der Waals surface area contributed by atoms with Crippen LogP contribution in [0.25, 0.3) is 10.9 Å². The highest BCUT2D eigenvalue weighted by molar-refractivity contribution is 5.96. The van der Waals surface area contributed by atoms with Crippen LogP contribution in [0.5, 0.6) is 0 Å². The molecule has 1 aliphatic heterocycles. The smallest absolute Gasteiger partial charge is 0.229 e. The van der Waals surface area contributed by atoms with Crippen LogP contribution in [0, 0.1) is 0 Å². The molecule has 1 fully saturated rings. The zero-order valence-corrected chi connectivity index (χ0v) is 14.5. The summed E-state index contributed by atoms with van der Waals surface area (Å²) < 4.78 is 2.09. The third kappa shape index (κ3) is 3.33. The Balaban J connectivity index is 1.33. The first-order valence-corrected chi connectivity index (χ1v) is 8.89. The van der Waals surface area contributed by atoms with Crippen LogP contribution in [-0.4, -0.2) is 29.0 Å². The molecular formula is C21H21N3O2. The quantitative estimate of drug-likeness (QED) is 0.771. The summed E-state index contributed by atoms with van der Waals surface area (Å²) in [4.78, 5) is 26.3. The van der Waals surface area contributed by atoms with Gasteiger partial charge in [-0.1, -0.05) is 36.4 Å². The fraction of sp³-hybridized carbons (Fsp3) is 0.238. The third-order valence-electron chi connectivity index (χ3n) is 4.82. The van der Waals surface area contributed by atoms with Crippen molar-refractivity contribution < 1.29 is 9.59 Å². The Kier molecular flexibility index (Phi) is 4.44. The number of amides is 2. The molecule has 1 aromatic heterocycles. The Morgan fingerprint density at radius 1 is 1.04 bits per heavy atom. The molecule has 0 spiro atoms. The molecular weight excluding hydrogens is 326 g/mol. The number of aromatic nitrogens is 1. The lowest BCUT2D eigenvalue weighted by molar-refractivity contribution is -0.121. The second-order valence-electron chi connectivity index (χ2n) is 6.63. The fourth-order valence-electron chi connectivity index (χ4n) is 3.52. The van der Waals surface area contributed by atoms with Crippen LogP contribution in [-0.2, 0) is 16.1 Å². The van der Waals surface area contributed by atoms with Crippen LogP contribution in [0.4, 0.5) is 5.69 Å². The molecule has 5 nitrogen and oxygen atoms in total. The predicted molar refractivity (Wildman–Crippen MR) is 102 cm³/mol. The maximum atomic E-state index is 12.3. The second-order valence-corrected chi connectivity index (χ2v) is 6.63. The molecule has 1 N–H and O–H groups in total. The normalized spacial score (nSPS) is 17.0. The van der Waals surface area contributed by atoms with Crippen molar-refractivity contribution in [2.24, 2.45) is 0 Å². The molecule has 3 aromatic rings. The van der Waals surface area contributed by atoms with Crippen LogP contribution in [0.1, 0.15) is 12.8 Å². The van der Waals surface area contributed by atoms with Gasteiger partial charge in [0.05, 0.1) is 6.04 Å². The van der Waals surface area contributed by atoms with Crippen molar-refractivity contribution in [1.29, 1.82) is 0 Å². The SMILES string of the molecule is O=C(CCn1ccc2ccccc21)N[C@@H]1CC(=O)N(c2ccccc2)C1. The van der Waals surface area contributed by atoms with Gasteiger partial charge in [0, 0.05) is 43.3 Å². The number of benzene rings is 2. The van der Waals surface area contributed by atoms with E-state index < -0.39 is 0 Å². The number of nitrogens with one attached hydrogen (secondary N) is 1. The lowest BCUT2D eigenvalue weighted by atomic mass is 10.2. The van der Waals surface area contributed by atoms with Crippen molar-refractivity contribution in [1.82, 2.24) is 9.88 Å². The standard InChI is InChI=1S/C21H21N3O2/c25-20(11-13-23-12-10-16-6-4-5-9-19(16)23)22-17-14-21(26)24(15-17)18-7-2-1-3-8-18/h1-10,12,17H,11,13-15H2,(H,22,25)/t17-/m1/s1. The van der Waals surface area contributed by atoms with E-state index in [4.69, 9.17) is 0 Å². The number of carbonyl (C=O) groups excluding carboxylic acids is 2. The topological polar surface area (TPSA) is 54.3 Å². The molecule has 0 aliphatic carbocycles. The van der Waals surface area contributed by atoms with Crippen molar-refractivity contribution >= 4 is 28.4 Å². The van der Waals surface area contributed by atoms with Crippen molar-refractivity contribution in [3.8, 4) is 0 Å². The third-order valence-corrected chi connectivity index (χ3v) is 4.82. The van der Waals surface area contributed by atoms with Crippen LogP contribution in [0.15, 0.2) is 66.9 Å². The Hall–Kier alpha value is -3.08. The summed E-state index contributed by atoms with van der Waals surface area (Å²) in [5, 5.41) is 4.18. The molecule has 132 valence electrons. The van der Waals surface area contributed by atoms with E-state index in [1.807, 2.05) is 48.7 Å². The summed E-state index contributed by atoms with van der Waals surface area (Å²) in [6.45, 7) is 1.16. The molecule has 2 heterocycles. The zero-order valence-electron chi connectivity index (χ0n) is 14.5. The summed E-state index contributed by atoms with van der Waals surface area (Å²) in [7, 11) is 0. The van der Waals surface area contributed by atoms with Crippen molar-refractivity contribution in [2.45, 2.75) is 25.4 Å². The van der Waals surface area contributed by atoms with Gasteiger partial charge in [0.2, 0.25) is 11.8 Å². The average molecular weight is 347 g/mol. The van der Waals surface area contributed by atoms with Gasteiger partial charge in [-0.3, -0.25) is 9.59 Å². The van der Waals surface area contributed by atoms with Crippen molar-refractivity contribution in [2.75, 3.05) is 11.4 Å². The number of fused-ring (bicyclic) bond motifs is 1. The zero-order chi connectivity index (χ0) is 17.9. The summed E-state index contributed by atoms with van der Waals surface area (Å²) in [5.74, 6) is 0.0356. The minimum absolute atomic E-state index is 0.0181. The van der Waals surface area contributed by atoms with E-state index in [0.29, 0.717) is 25.9 Å². The maximum absolute atomic E-state index is 12.3. The first-order chi connectivity index (χ1) is 12.7. The van der Waals surface area contributed by atoms with Gasteiger partial charge >= 0.3 is 0 Å². The Labute approximate surface area is 152 Å². The molecule has 0 radical (unpaired) electrons. The van der Waals surface area contributed by atoms with Gasteiger partial charge in [0.1, 0.15) is 0 Å². The highest BCUT2D eigenvalue weighted by Gasteiger charge is 2.31. The van der Waals surface area contributed by atoms with Crippen LogP contribution < -0.4 is 10.2 Å². The van der Waals surface area contributed by atoms with E-state index >= 15 is 0 Å². The van der Waals surface area contributed by atoms with Crippen molar-refractivity contribution in [3.63, 3.8) is 0 Å². The number of hydrogen-bond acceptors (Lipinski definition) is 2. The molecule has 1 saturated heterocycles. The minimum atomic E-state index is -0.128. The Bertz CT molecular complexity index is 933. The van der Waals surface area contributed by atoms with E-state index in [-0.39, 0.29) is 17.9 Å². The minimum Gasteiger partial charge on any atom is -0.351 e. The molecule has 0 bridgehead atoms. The van der Waals surface area contributed by atoms with E-state index in [9.17, 15) is 9.59 Å². The number of rotatable bonds is 5. The molecule has 0 unspecified atom stereocenters. The Morgan fingerprint density at radius 2 is 1.81 bits per heavy atom. The number of aryl methyl sites for hydroxylation is 1. The van der Waals surface area contributed by atoms with E-state index in [1.165, 1.54) is 5.39 Å². The van der Waals surface area contributed by atoms with E-state index in [0.717, 1.165) is 11.2 Å². The van der Waals surface area contributed by atoms with Crippen LogP contribution >= 0.6 is 0 Å². The molecule has 2 amide bonds. The lowest BCUT2D eigenvalue weighted by Gasteiger charge is -2.17. The highest BCUT2D eigenvalue weighted by Crippen LogP contribution is 2.21. The number of carbonyl (C=O) groups is 2. The van der Waals surface area contributed by atoms with Gasteiger partial charge in [0.25, 0.3) is 0 Å². The van der Waals surface area contributed by atoms with Gasteiger partial charge in [0.15, 0.2) is 0 Å². The largest absolute Gasteiger partial charge is 0.351 e. The van der Waals surface area contributed by atoms with Gasteiger partial charge in [-0.25, -0.2) is 0 Å². The van der Waals surface area contributed by atoms with E-state index in [1.54, 1.807) is 4.90 Å². The number of para-hydroxylation sites is 2.